The van der Waals surface area contributed by atoms with Crippen molar-refractivity contribution >= 4 is 67.9 Å². The van der Waals surface area contributed by atoms with Gasteiger partial charge in [-0.25, -0.2) is 36.0 Å². The number of nitrogens with two attached hydrogens (primary N) is 1. The van der Waals surface area contributed by atoms with E-state index in [4.69, 9.17) is 26.2 Å². The van der Waals surface area contributed by atoms with Crippen LogP contribution in [-0.2, 0) is 58.0 Å². The van der Waals surface area contributed by atoms with Crippen LogP contribution >= 0.6 is 0 Å². The number of carboxylic acid groups (broad SMARTS) is 4. The van der Waals surface area contributed by atoms with Gasteiger partial charge in [-0.3, -0.25) is 9.59 Å². The molecule has 17 fully saturated rings. The van der Waals surface area contributed by atoms with Crippen LogP contribution in [-0.4, -0.2) is 223 Å². The van der Waals surface area contributed by atoms with E-state index in [1.807, 2.05) is 9.80 Å². The van der Waals surface area contributed by atoms with E-state index in [0.29, 0.717) is 180 Å². The molecule has 0 aromatic rings. The van der Waals surface area contributed by atoms with Crippen LogP contribution in [0.4, 0.5) is 0 Å². The van der Waals surface area contributed by atoms with E-state index in [-0.39, 0.29) is 71.8 Å². The summed E-state index contributed by atoms with van der Waals surface area (Å²) in [7, 11) is -5.55. The second-order valence-corrected chi connectivity index (χ2v) is 56.4. The normalized spacial score (nSPS) is 43.4. The largest absolute Gasteiger partial charge is 0.478 e. The monoisotopic (exact) mass is 1960 g/mol. The minimum atomic E-state index is -2.84. The molecule has 0 radical (unpaired) electrons. The standard InChI is InChI=1S/C40H65N3O5S.C33H49NO4.C29H47NO.C7H16N2O2S.C4H4O4/c1-28(2)29-13-16-40(27-41-20-8-21-42-23-25-49(47,48)26-24-42)18-17-38(6)30(35(29)40)9-10-32-37(5)19-22-43(33(44)11-12-34(45)46)36(3,4)31(37)14-15-39(32,38)7;1-21(2)22-12-15-33(20-35)17-16-31(6)23(28(22)33)8-9-25-30(5)18-19-34(26(36)10-11-27(37)38)29(3,4)24(30)13-14-32(25,31)7;1-19(2)20-10-13-29(18-31)15-14-27(6)21(24(20)29)8-9-23-26(5)16-17-30-25(3,4)22(26)11-12-28(23,27)7;8-2-1-3-9-4-6-12(10,11)7-5-9;5-3(6)1-2-4(7)8/h11-12,29-32,35,41H,1,8-10,13-27H2,2-7H3,(H,45,46);10-11,20,22-25,28H,1,8-9,12-19H2,2-7H3,(H,37,38);18,20-24,30H,1,8-17H2,2-7H3;1-8H2;1-2H,(H,5,6)(H,7,8)/b12-11+;11-10+;;;2-1+/t29-,30+,31-,32+,35+,37-,38+,39+,40+;22-,23+,24-,25+,28+,30-,31+,32+,33+;20-,21+,22-,23+,24+,26-,27+,28+,29+;;/m000../s1. The Morgan fingerprint density at radius 3 is 1.09 bits per heavy atom. The molecule has 25 heteroatoms. The SMILES string of the molecule is C=C(C)[C@@H]1CC[C@]2(C=O)CC[C@]3(C)[C@H](CC[C@@H]4[C@@]5(C)CCN(C(=O)/C=C/C(=O)O)C(C)(C)[C@@H]5CC[C@]43C)[C@@H]12.C=C(C)[C@@H]1CC[C@]2(C=O)CC[C@]3(C)[C@H](CC[C@@H]4[C@@]5(C)CCNC(C)(C)[C@@H]5CC[C@]43C)[C@@H]12.C=C(C)[C@@H]1CC[C@]2(CNCCCN3CCS(=O)(=O)CC3)CC[C@]3(C)[C@H](CC[C@@H]4[C@@]5(C)CCN(C(=O)/C=C/C(=O)O)C(C)(C)[C@@H]5CC[C@]43C)[C@@H]12.NCCCN1CCS(=O)(=O)CC1.O=C(O)/C=C/C(=O)O. The molecule has 17 aliphatic rings. The summed E-state index contributed by atoms with van der Waals surface area (Å²) in [4.78, 5) is 101. The highest BCUT2D eigenvalue weighted by Gasteiger charge is 2.76. The fourth-order valence-electron chi connectivity index (χ4n) is 37.9. The molecule has 0 aromatic carbocycles. The average molecular weight is 1960 g/mol. The molecule has 23 nitrogen and oxygen atoms in total. The zero-order valence-electron chi connectivity index (χ0n) is 88.1. The van der Waals surface area contributed by atoms with Crippen molar-refractivity contribution in [2.75, 3.05) is 102 Å². The molecule has 0 unspecified atom stereocenters. The Bertz CT molecular complexity index is 4880. The fourth-order valence-corrected chi connectivity index (χ4v) is 40.5. The molecule has 5 saturated heterocycles. The highest BCUT2D eigenvalue weighted by atomic mass is 32.2. The second-order valence-electron chi connectivity index (χ2n) is 51.8. The molecular formula is C113H181N7O16S2. The van der Waals surface area contributed by atoms with Gasteiger partial charge in [-0.05, 0) is 424 Å². The highest BCUT2D eigenvalue weighted by molar-refractivity contribution is 7.91. The van der Waals surface area contributed by atoms with Gasteiger partial charge in [0.15, 0.2) is 19.7 Å². The van der Waals surface area contributed by atoms with Gasteiger partial charge in [0.25, 0.3) is 0 Å². The van der Waals surface area contributed by atoms with E-state index < -0.39 is 43.6 Å². The Morgan fingerprint density at radius 2 is 0.725 bits per heavy atom. The number of piperidine rings is 3. The smallest absolute Gasteiger partial charge is 0.328 e. The summed E-state index contributed by atoms with van der Waals surface area (Å²) in [6.07, 6.45) is 42.5. The average Bonchev–Trinajstić information content (AvgIpc) is 1.20. The molecule has 138 heavy (non-hydrogen) atoms. The first-order valence-electron chi connectivity index (χ1n) is 53.8. The summed E-state index contributed by atoms with van der Waals surface area (Å²) < 4.78 is 45.7. The number of aliphatic carboxylic acids is 4. The number of hydrogen-bond acceptors (Lipinski definition) is 17. The quantitative estimate of drug-likeness (QED) is 0.0258. The molecule has 27 atom stereocenters. The number of allylic oxidation sites excluding steroid dienone is 3. The number of carbonyl (C=O) groups excluding carboxylic acids is 4. The molecule has 5 aliphatic heterocycles. The van der Waals surface area contributed by atoms with Gasteiger partial charge in [0.05, 0.1) is 23.0 Å². The third kappa shape index (κ3) is 19.4. The van der Waals surface area contributed by atoms with Crippen molar-refractivity contribution < 1.29 is 75.6 Å². The third-order valence-corrected chi connectivity index (χ3v) is 48.4. The van der Waals surface area contributed by atoms with E-state index in [1.165, 1.54) is 151 Å². The number of rotatable bonds is 20. The first-order chi connectivity index (χ1) is 64.3. The summed E-state index contributed by atoms with van der Waals surface area (Å²) >= 11 is 0. The predicted octanol–water partition coefficient (Wildman–Crippen LogP) is 18.4. The maximum absolute atomic E-state index is 13.3. The number of carbonyl (C=O) groups is 8. The first-order valence-corrected chi connectivity index (χ1v) is 57.4. The molecule has 0 aromatic heterocycles. The Labute approximate surface area is 830 Å². The molecule has 17 rings (SSSR count). The summed E-state index contributed by atoms with van der Waals surface area (Å²) in [5.74, 6) is 4.87. The molecule has 12 aliphatic carbocycles. The number of aldehydes is 2. The number of sulfone groups is 2. The van der Waals surface area contributed by atoms with Crippen molar-refractivity contribution in [3.63, 3.8) is 0 Å². The van der Waals surface area contributed by atoms with E-state index in [2.05, 4.69) is 165 Å². The number of nitrogens with one attached hydrogen (secondary N) is 2. The van der Waals surface area contributed by atoms with Crippen LogP contribution in [0.5, 0.6) is 0 Å². The van der Waals surface area contributed by atoms with Gasteiger partial charge in [-0.15, -0.1) is 0 Å². The molecule has 12 saturated carbocycles. The number of likely N-dealkylation sites (tertiary alicyclic amines) is 2. The lowest BCUT2D eigenvalue weighted by molar-refractivity contribution is -0.240. The summed E-state index contributed by atoms with van der Waals surface area (Å²) in [6.45, 7) is 67.3. The van der Waals surface area contributed by atoms with Gasteiger partial charge in [0.2, 0.25) is 11.8 Å². The van der Waals surface area contributed by atoms with Crippen molar-refractivity contribution in [2.45, 2.75) is 327 Å². The molecule has 776 valence electrons. The van der Waals surface area contributed by atoms with Crippen molar-refractivity contribution in [2.24, 2.45) is 159 Å². The van der Waals surface area contributed by atoms with Crippen LogP contribution in [0.15, 0.2) is 72.9 Å². The number of hydrogen-bond donors (Lipinski definition) is 7. The van der Waals surface area contributed by atoms with Gasteiger partial charge in [-0.2, -0.15) is 0 Å². The summed E-state index contributed by atoms with van der Waals surface area (Å²) in [5.41, 5.74) is 11.3. The maximum atomic E-state index is 13.3. The first kappa shape index (κ1) is 110. The summed E-state index contributed by atoms with van der Waals surface area (Å²) in [6, 6.07) is 0. The molecule has 2 amide bonds. The van der Waals surface area contributed by atoms with Crippen LogP contribution in [0, 0.1) is 154 Å². The molecule has 5 heterocycles. The molecule has 8 N–H and O–H groups in total. The van der Waals surface area contributed by atoms with E-state index in [1.54, 1.807) is 0 Å². The zero-order valence-corrected chi connectivity index (χ0v) is 89.7. The molecule has 0 spiro atoms. The van der Waals surface area contributed by atoms with E-state index >= 15 is 0 Å². The molecule has 0 bridgehead atoms. The van der Waals surface area contributed by atoms with Gasteiger partial charge in [0.1, 0.15) is 12.6 Å². The van der Waals surface area contributed by atoms with Gasteiger partial charge in [0, 0.05) is 110 Å². The minimum absolute atomic E-state index is 0.0607. The Kier molecular flexibility index (Phi) is 32.0. The van der Waals surface area contributed by atoms with Crippen LogP contribution in [0.2, 0.25) is 0 Å². The summed E-state index contributed by atoms with van der Waals surface area (Å²) in [5, 5.41) is 41.6. The topological polar surface area (TPSA) is 349 Å². The lowest BCUT2D eigenvalue weighted by Crippen LogP contribution is -2.70. The number of carboxylic acids is 4. The highest BCUT2D eigenvalue weighted by Crippen LogP contribution is 2.81. The van der Waals surface area contributed by atoms with Crippen LogP contribution in [0.1, 0.15) is 311 Å². The lowest BCUT2D eigenvalue weighted by Gasteiger charge is -2.73. The lowest BCUT2D eigenvalue weighted by atomic mass is 9.33. The number of nitrogens with zero attached hydrogens (tertiary/aromatic N) is 4. The van der Waals surface area contributed by atoms with Crippen LogP contribution in [0.3, 0.4) is 0 Å². The molecular weight excluding hydrogens is 1780 g/mol. The Morgan fingerprint density at radius 1 is 0.384 bits per heavy atom. The van der Waals surface area contributed by atoms with Crippen LogP contribution in [0.25, 0.3) is 0 Å². The number of fused-ring (bicyclic) bond motifs is 21. The fraction of sp³-hybridized carbons (Fsp3) is 0.823. The Hall–Kier alpha value is -5.70. The third-order valence-electron chi connectivity index (χ3n) is 45.2. The van der Waals surface area contributed by atoms with Gasteiger partial charge >= 0.3 is 23.9 Å². The zero-order chi connectivity index (χ0) is 102. The van der Waals surface area contributed by atoms with Crippen LogP contribution < -0.4 is 16.4 Å². The number of amides is 2. The second kappa shape index (κ2) is 40.3. The van der Waals surface area contributed by atoms with Crippen molar-refractivity contribution in [3.8, 4) is 0 Å². The van der Waals surface area contributed by atoms with Gasteiger partial charge < -0.3 is 66.0 Å². The van der Waals surface area contributed by atoms with Gasteiger partial charge in [-0.1, -0.05) is 98.8 Å². The van der Waals surface area contributed by atoms with Crippen molar-refractivity contribution in [1.29, 1.82) is 0 Å². The van der Waals surface area contributed by atoms with E-state index in [9.17, 15) is 55.2 Å². The van der Waals surface area contributed by atoms with E-state index in [0.717, 1.165) is 134 Å². The predicted molar refractivity (Wildman–Crippen MR) is 547 cm³/mol. The maximum Gasteiger partial charge on any atom is 0.328 e. The minimum Gasteiger partial charge on any atom is -0.478 e. The Balaban J connectivity index is 0.000000161. The van der Waals surface area contributed by atoms with Crippen molar-refractivity contribution in [3.05, 3.63) is 72.9 Å². The van der Waals surface area contributed by atoms with Crippen molar-refractivity contribution in [1.82, 2.24) is 30.2 Å².